The Labute approximate surface area is 127 Å². The van der Waals surface area contributed by atoms with E-state index in [4.69, 9.17) is 4.18 Å². The van der Waals surface area contributed by atoms with Crippen LogP contribution in [0.15, 0.2) is 57.9 Å². The first-order chi connectivity index (χ1) is 9.47. The van der Waals surface area contributed by atoms with Crippen LogP contribution in [0.3, 0.4) is 0 Å². The molecule has 2 aromatic rings. The van der Waals surface area contributed by atoms with Gasteiger partial charge in [0.1, 0.15) is 0 Å². The number of hydrogen-bond acceptors (Lipinski definition) is 3. The zero-order chi connectivity index (χ0) is 14.6. The Morgan fingerprint density at radius 1 is 1.10 bits per heavy atom. The van der Waals surface area contributed by atoms with Crippen LogP contribution < -0.4 is 0 Å². The molecule has 0 bridgehead atoms. The van der Waals surface area contributed by atoms with E-state index in [0.717, 1.165) is 15.6 Å². The van der Waals surface area contributed by atoms with Crippen molar-refractivity contribution >= 4 is 26.0 Å². The van der Waals surface area contributed by atoms with Crippen molar-refractivity contribution in [1.29, 1.82) is 0 Å². The fourth-order valence-corrected chi connectivity index (χ4v) is 3.09. The quantitative estimate of drug-likeness (QED) is 0.768. The maximum Gasteiger partial charge on any atom is 0.296 e. The molecule has 0 spiro atoms. The van der Waals surface area contributed by atoms with Gasteiger partial charge in [-0.2, -0.15) is 8.42 Å². The second-order valence-electron chi connectivity index (χ2n) is 4.47. The van der Waals surface area contributed by atoms with E-state index in [1.54, 1.807) is 24.3 Å². The summed E-state index contributed by atoms with van der Waals surface area (Å²) >= 11 is 3.38. The van der Waals surface area contributed by atoms with Gasteiger partial charge in [0.15, 0.2) is 0 Å². The lowest BCUT2D eigenvalue weighted by atomic mass is 10.2. The molecule has 5 heteroatoms. The van der Waals surface area contributed by atoms with Crippen LogP contribution >= 0.6 is 15.9 Å². The molecule has 0 saturated carbocycles. The molecule has 0 aliphatic carbocycles. The molecule has 0 aromatic heterocycles. The van der Waals surface area contributed by atoms with Crippen LogP contribution in [-0.4, -0.2) is 15.0 Å². The van der Waals surface area contributed by atoms with Crippen molar-refractivity contribution < 1.29 is 12.6 Å². The molecule has 0 fully saturated rings. The van der Waals surface area contributed by atoms with E-state index < -0.39 is 10.1 Å². The van der Waals surface area contributed by atoms with Gasteiger partial charge < -0.3 is 0 Å². The van der Waals surface area contributed by atoms with Crippen molar-refractivity contribution in [3.63, 3.8) is 0 Å². The Hall–Kier alpha value is -1.17. The number of rotatable bonds is 5. The molecule has 0 aliphatic heterocycles. The SMILES string of the molecule is Cc1ccc(S(=O)(=O)OCCc2cccc(Br)c2)cc1. The fourth-order valence-electron chi connectivity index (χ4n) is 1.73. The smallest absolute Gasteiger partial charge is 0.266 e. The van der Waals surface area contributed by atoms with Crippen LogP contribution in [0.5, 0.6) is 0 Å². The van der Waals surface area contributed by atoms with E-state index in [-0.39, 0.29) is 11.5 Å². The van der Waals surface area contributed by atoms with Gasteiger partial charge in [-0.05, 0) is 43.2 Å². The summed E-state index contributed by atoms with van der Waals surface area (Å²) in [6.07, 6.45) is 0.546. The van der Waals surface area contributed by atoms with E-state index in [9.17, 15) is 8.42 Å². The summed E-state index contributed by atoms with van der Waals surface area (Å²) in [6.45, 7) is 2.04. The third kappa shape index (κ3) is 4.16. The second kappa shape index (κ2) is 6.52. The average molecular weight is 355 g/mol. The predicted molar refractivity (Wildman–Crippen MR) is 82.2 cm³/mol. The van der Waals surface area contributed by atoms with Crippen LogP contribution in [0.4, 0.5) is 0 Å². The first kappa shape index (κ1) is 15.2. The maximum absolute atomic E-state index is 12.0. The van der Waals surface area contributed by atoms with E-state index >= 15 is 0 Å². The molecular formula is C15H15BrO3S. The Balaban J connectivity index is 1.98. The minimum absolute atomic E-state index is 0.132. The first-order valence-corrected chi connectivity index (χ1v) is 8.38. The van der Waals surface area contributed by atoms with Crippen molar-refractivity contribution in [1.82, 2.24) is 0 Å². The third-order valence-electron chi connectivity index (χ3n) is 2.83. The summed E-state index contributed by atoms with van der Waals surface area (Å²) in [5.41, 5.74) is 2.04. The van der Waals surface area contributed by atoms with Gasteiger partial charge in [0.2, 0.25) is 0 Å². The standard InChI is InChI=1S/C15H15BrO3S/c1-12-5-7-15(8-6-12)20(17,18)19-10-9-13-3-2-4-14(16)11-13/h2-8,11H,9-10H2,1H3. The Bertz CT molecular complexity index is 679. The van der Waals surface area contributed by atoms with Crippen molar-refractivity contribution in [2.75, 3.05) is 6.61 Å². The lowest BCUT2D eigenvalue weighted by molar-refractivity contribution is 0.322. The lowest BCUT2D eigenvalue weighted by Gasteiger charge is -2.06. The number of benzene rings is 2. The van der Waals surface area contributed by atoms with Crippen LogP contribution in [0, 0.1) is 6.92 Å². The predicted octanol–water partition coefficient (Wildman–Crippen LogP) is 3.71. The van der Waals surface area contributed by atoms with Gasteiger partial charge in [0.05, 0.1) is 11.5 Å². The molecule has 3 nitrogen and oxygen atoms in total. The normalized spacial score (nSPS) is 11.5. The zero-order valence-corrected chi connectivity index (χ0v) is 13.4. The Morgan fingerprint density at radius 3 is 2.45 bits per heavy atom. The van der Waals surface area contributed by atoms with E-state index in [0.29, 0.717) is 6.42 Å². The highest BCUT2D eigenvalue weighted by Crippen LogP contribution is 2.15. The molecular weight excluding hydrogens is 340 g/mol. The molecule has 0 amide bonds. The summed E-state index contributed by atoms with van der Waals surface area (Å²) in [5.74, 6) is 0. The van der Waals surface area contributed by atoms with Crippen LogP contribution in [0.25, 0.3) is 0 Å². The van der Waals surface area contributed by atoms with Gasteiger partial charge >= 0.3 is 0 Å². The number of aryl methyl sites for hydroxylation is 1. The molecule has 0 saturated heterocycles. The highest BCUT2D eigenvalue weighted by molar-refractivity contribution is 9.10. The molecule has 20 heavy (non-hydrogen) atoms. The molecule has 0 heterocycles. The Kier molecular flexibility index (Phi) is 4.96. The van der Waals surface area contributed by atoms with Gasteiger partial charge in [-0.15, -0.1) is 0 Å². The first-order valence-electron chi connectivity index (χ1n) is 6.18. The molecule has 0 atom stereocenters. The highest BCUT2D eigenvalue weighted by Gasteiger charge is 2.14. The molecule has 0 aliphatic rings. The number of halogens is 1. The number of hydrogen-bond donors (Lipinski definition) is 0. The zero-order valence-electron chi connectivity index (χ0n) is 11.0. The average Bonchev–Trinajstić information content (AvgIpc) is 2.39. The minimum atomic E-state index is -3.67. The molecule has 0 N–H and O–H groups in total. The van der Waals surface area contributed by atoms with Gasteiger partial charge in [0.25, 0.3) is 10.1 Å². The topological polar surface area (TPSA) is 43.4 Å². The lowest BCUT2D eigenvalue weighted by Crippen LogP contribution is -2.09. The summed E-state index contributed by atoms with van der Waals surface area (Å²) in [5, 5.41) is 0. The third-order valence-corrected chi connectivity index (χ3v) is 4.65. The molecule has 0 unspecified atom stereocenters. The molecule has 106 valence electrons. The fraction of sp³-hybridized carbons (Fsp3) is 0.200. The summed E-state index contributed by atoms with van der Waals surface area (Å²) in [4.78, 5) is 0.192. The van der Waals surface area contributed by atoms with Crippen molar-refractivity contribution in [3.8, 4) is 0 Å². The van der Waals surface area contributed by atoms with E-state index in [2.05, 4.69) is 15.9 Å². The van der Waals surface area contributed by atoms with Gasteiger partial charge in [0, 0.05) is 4.47 Å². The second-order valence-corrected chi connectivity index (χ2v) is 7.00. The van der Waals surface area contributed by atoms with E-state index in [1.807, 2.05) is 31.2 Å². The molecule has 2 rings (SSSR count). The van der Waals surface area contributed by atoms with Crippen molar-refractivity contribution in [2.24, 2.45) is 0 Å². The molecule has 0 radical (unpaired) electrons. The Morgan fingerprint density at radius 2 is 1.80 bits per heavy atom. The molecule has 2 aromatic carbocycles. The van der Waals surface area contributed by atoms with Crippen LogP contribution in [0.2, 0.25) is 0 Å². The van der Waals surface area contributed by atoms with Gasteiger partial charge in [-0.1, -0.05) is 45.8 Å². The summed E-state index contributed by atoms with van der Waals surface area (Å²) < 4.78 is 30.0. The van der Waals surface area contributed by atoms with Gasteiger partial charge in [-0.25, -0.2) is 0 Å². The van der Waals surface area contributed by atoms with Crippen LogP contribution in [0.1, 0.15) is 11.1 Å². The monoisotopic (exact) mass is 354 g/mol. The van der Waals surface area contributed by atoms with E-state index in [1.165, 1.54) is 0 Å². The maximum atomic E-state index is 12.0. The van der Waals surface area contributed by atoms with Crippen LogP contribution in [-0.2, 0) is 20.7 Å². The minimum Gasteiger partial charge on any atom is -0.266 e. The summed E-state index contributed by atoms with van der Waals surface area (Å²) in [7, 11) is -3.67. The van der Waals surface area contributed by atoms with Crippen molar-refractivity contribution in [2.45, 2.75) is 18.2 Å². The summed E-state index contributed by atoms with van der Waals surface area (Å²) in [6, 6.07) is 14.3. The van der Waals surface area contributed by atoms with Crippen molar-refractivity contribution in [3.05, 3.63) is 64.1 Å². The van der Waals surface area contributed by atoms with Gasteiger partial charge in [-0.3, -0.25) is 4.18 Å². The highest BCUT2D eigenvalue weighted by atomic mass is 79.9. The largest absolute Gasteiger partial charge is 0.296 e.